The second kappa shape index (κ2) is 6.45. The number of aromatic nitrogens is 3. The van der Waals surface area contributed by atoms with Crippen LogP contribution in [-0.4, -0.2) is 46.7 Å². The quantitative estimate of drug-likeness (QED) is 0.777. The third-order valence-corrected chi connectivity index (χ3v) is 4.23. The van der Waals surface area contributed by atoms with Crippen molar-refractivity contribution in [1.29, 1.82) is 0 Å². The zero-order chi connectivity index (χ0) is 17.2. The van der Waals surface area contributed by atoms with Crippen molar-refractivity contribution in [2.24, 2.45) is 5.73 Å². The number of anilines is 1. The summed E-state index contributed by atoms with van der Waals surface area (Å²) in [5, 5.41) is 0.878. The number of morpholine rings is 1. The number of hydrogen-bond acceptors (Lipinski definition) is 6. The van der Waals surface area contributed by atoms with Gasteiger partial charge in [0.15, 0.2) is 5.82 Å². The van der Waals surface area contributed by atoms with Crippen molar-refractivity contribution in [1.82, 2.24) is 15.0 Å². The van der Waals surface area contributed by atoms with Gasteiger partial charge in [0.05, 0.1) is 18.7 Å². The highest BCUT2D eigenvalue weighted by molar-refractivity contribution is 5.94. The summed E-state index contributed by atoms with van der Waals surface area (Å²) in [7, 11) is 0. The molecule has 0 bridgehead atoms. The normalized spacial score (nSPS) is 17.6. The summed E-state index contributed by atoms with van der Waals surface area (Å²) in [5.41, 5.74) is 7.20. The number of rotatable bonds is 3. The van der Waals surface area contributed by atoms with E-state index in [1.165, 1.54) is 0 Å². The lowest BCUT2D eigenvalue weighted by Crippen LogP contribution is -2.53. The number of nitrogens with zero attached hydrogens (tertiary/aromatic N) is 4. The van der Waals surface area contributed by atoms with E-state index >= 15 is 0 Å². The Hall–Kier alpha value is -3.06. The van der Waals surface area contributed by atoms with Crippen molar-refractivity contribution < 1.29 is 9.53 Å². The fourth-order valence-corrected chi connectivity index (χ4v) is 3.00. The number of para-hydroxylation sites is 1. The van der Waals surface area contributed by atoms with E-state index in [1.54, 1.807) is 12.4 Å². The molecule has 1 aliphatic heterocycles. The summed E-state index contributed by atoms with van der Waals surface area (Å²) in [5.74, 6) is 0.832. The van der Waals surface area contributed by atoms with Gasteiger partial charge in [0, 0.05) is 29.9 Å². The molecule has 3 heterocycles. The third-order valence-electron chi connectivity index (χ3n) is 4.23. The Bertz CT molecular complexity index is 916. The van der Waals surface area contributed by atoms with Gasteiger partial charge >= 0.3 is 0 Å². The van der Waals surface area contributed by atoms with Crippen LogP contribution in [0.4, 0.5) is 5.82 Å². The molecule has 1 fully saturated rings. The predicted octanol–water partition coefficient (Wildman–Crippen LogP) is 1.38. The van der Waals surface area contributed by atoms with Crippen molar-refractivity contribution >= 4 is 22.6 Å². The van der Waals surface area contributed by atoms with Gasteiger partial charge in [-0.25, -0.2) is 9.97 Å². The highest BCUT2D eigenvalue weighted by atomic mass is 16.5. The van der Waals surface area contributed by atoms with E-state index < -0.39 is 11.9 Å². The number of amides is 1. The number of hydrogen-bond donors (Lipinski definition) is 1. The van der Waals surface area contributed by atoms with Gasteiger partial charge in [0.2, 0.25) is 5.91 Å². The van der Waals surface area contributed by atoms with Crippen LogP contribution in [0.5, 0.6) is 0 Å². The number of nitrogens with two attached hydrogens (primary N) is 1. The molecular formula is C18H17N5O2. The summed E-state index contributed by atoms with van der Waals surface area (Å²) in [6.07, 6.45) is 3.43. The molecule has 1 amide bonds. The molecule has 126 valence electrons. The molecule has 0 saturated carbocycles. The van der Waals surface area contributed by atoms with E-state index in [1.807, 2.05) is 41.3 Å². The summed E-state index contributed by atoms with van der Waals surface area (Å²) in [4.78, 5) is 27.3. The lowest BCUT2D eigenvalue weighted by atomic mass is 10.1. The SMILES string of the molecule is NC(=O)[C@H]1COCCN1c1nc(-c2cccnc2)nc2ccccc12. The van der Waals surface area contributed by atoms with Crippen LogP contribution < -0.4 is 10.6 Å². The Labute approximate surface area is 144 Å². The molecule has 1 aromatic carbocycles. The summed E-state index contributed by atoms with van der Waals surface area (Å²) in [6.45, 7) is 1.32. The number of primary amides is 1. The number of fused-ring (bicyclic) bond motifs is 1. The van der Waals surface area contributed by atoms with Crippen LogP contribution in [0.25, 0.3) is 22.3 Å². The molecule has 0 unspecified atom stereocenters. The minimum Gasteiger partial charge on any atom is -0.377 e. The zero-order valence-electron chi connectivity index (χ0n) is 13.5. The first-order chi connectivity index (χ1) is 12.2. The van der Waals surface area contributed by atoms with Gasteiger partial charge in [-0.05, 0) is 24.3 Å². The minimum absolute atomic E-state index is 0.260. The van der Waals surface area contributed by atoms with Gasteiger partial charge in [-0.3, -0.25) is 9.78 Å². The van der Waals surface area contributed by atoms with Crippen LogP contribution in [-0.2, 0) is 9.53 Å². The summed E-state index contributed by atoms with van der Waals surface area (Å²) < 4.78 is 5.43. The largest absolute Gasteiger partial charge is 0.377 e. The van der Waals surface area contributed by atoms with Crippen molar-refractivity contribution in [2.75, 3.05) is 24.7 Å². The van der Waals surface area contributed by atoms with Gasteiger partial charge in [0.1, 0.15) is 11.9 Å². The summed E-state index contributed by atoms with van der Waals surface area (Å²) >= 11 is 0. The van der Waals surface area contributed by atoms with Gasteiger partial charge in [0.25, 0.3) is 0 Å². The van der Waals surface area contributed by atoms with Crippen molar-refractivity contribution in [3.05, 3.63) is 48.8 Å². The Balaban J connectivity index is 1.91. The molecule has 1 saturated heterocycles. The van der Waals surface area contributed by atoms with Crippen LogP contribution in [0.2, 0.25) is 0 Å². The van der Waals surface area contributed by atoms with Crippen LogP contribution in [0.1, 0.15) is 0 Å². The van der Waals surface area contributed by atoms with Gasteiger partial charge in [-0.15, -0.1) is 0 Å². The highest BCUT2D eigenvalue weighted by Crippen LogP contribution is 2.29. The Morgan fingerprint density at radius 3 is 2.88 bits per heavy atom. The average Bonchev–Trinajstić information content (AvgIpc) is 2.68. The molecule has 0 radical (unpaired) electrons. The predicted molar refractivity (Wildman–Crippen MR) is 93.9 cm³/mol. The van der Waals surface area contributed by atoms with E-state index in [0.717, 1.165) is 16.5 Å². The topological polar surface area (TPSA) is 94.2 Å². The molecule has 1 aliphatic rings. The smallest absolute Gasteiger partial charge is 0.242 e. The number of benzene rings is 1. The number of carbonyl (C=O) groups is 1. The van der Waals surface area contributed by atoms with Gasteiger partial charge in [-0.2, -0.15) is 0 Å². The van der Waals surface area contributed by atoms with Crippen LogP contribution in [0.15, 0.2) is 48.8 Å². The molecular weight excluding hydrogens is 318 g/mol. The Morgan fingerprint density at radius 1 is 1.20 bits per heavy atom. The molecule has 1 atom stereocenters. The van der Waals surface area contributed by atoms with Crippen molar-refractivity contribution in [3.63, 3.8) is 0 Å². The van der Waals surface area contributed by atoms with Crippen LogP contribution in [0, 0.1) is 0 Å². The Morgan fingerprint density at radius 2 is 2.08 bits per heavy atom. The number of carbonyl (C=O) groups excluding carboxylic acids is 1. The number of ether oxygens (including phenoxy) is 1. The zero-order valence-corrected chi connectivity index (χ0v) is 13.5. The van der Waals surface area contributed by atoms with Gasteiger partial charge in [-0.1, -0.05) is 12.1 Å². The van der Waals surface area contributed by atoms with Gasteiger partial charge < -0.3 is 15.4 Å². The van der Waals surface area contributed by atoms with E-state index in [4.69, 9.17) is 15.5 Å². The molecule has 4 rings (SSSR count). The van der Waals surface area contributed by atoms with Crippen LogP contribution >= 0.6 is 0 Å². The standard InChI is InChI=1S/C18H17N5O2/c19-16(24)15-11-25-9-8-23(15)18-13-5-1-2-6-14(13)21-17(22-18)12-4-3-7-20-10-12/h1-7,10,15H,8-9,11H2,(H2,19,24)/t15-/m1/s1. The molecule has 2 aromatic heterocycles. The highest BCUT2D eigenvalue weighted by Gasteiger charge is 2.30. The molecule has 0 spiro atoms. The average molecular weight is 335 g/mol. The molecule has 25 heavy (non-hydrogen) atoms. The fraction of sp³-hybridized carbons (Fsp3) is 0.222. The molecule has 3 aromatic rings. The minimum atomic E-state index is -0.547. The second-order valence-electron chi connectivity index (χ2n) is 5.82. The third kappa shape index (κ3) is 2.89. The maximum Gasteiger partial charge on any atom is 0.242 e. The first-order valence-electron chi connectivity index (χ1n) is 8.05. The monoisotopic (exact) mass is 335 g/mol. The molecule has 0 aliphatic carbocycles. The maximum atomic E-state index is 11.9. The van der Waals surface area contributed by atoms with Crippen LogP contribution in [0.3, 0.4) is 0 Å². The first kappa shape index (κ1) is 15.5. The lowest BCUT2D eigenvalue weighted by molar-refractivity contribution is -0.121. The summed E-state index contributed by atoms with van der Waals surface area (Å²) in [6, 6.07) is 10.9. The van der Waals surface area contributed by atoms with E-state index in [9.17, 15) is 4.79 Å². The van der Waals surface area contributed by atoms with Crippen molar-refractivity contribution in [3.8, 4) is 11.4 Å². The second-order valence-corrected chi connectivity index (χ2v) is 5.82. The first-order valence-corrected chi connectivity index (χ1v) is 8.05. The fourth-order valence-electron chi connectivity index (χ4n) is 3.00. The molecule has 7 heteroatoms. The van der Waals surface area contributed by atoms with E-state index in [0.29, 0.717) is 24.8 Å². The maximum absolute atomic E-state index is 11.9. The van der Waals surface area contributed by atoms with E-state index in [2.05, 4.69) is 9.97 Å². The molecule has 2 N–H and O–H groups in total. The van der Waals surface area contributed by atoms with E-state index in [-0.39, 0.29) is 6.61 Å². The Kier molecular flexibility index (Phi) is 3.99. The lowest BCUT2D eigenvalue weighted by Gasteiger charge is -2.35. The molecule has 7 nitrogen and oxygen atoms in total. The van der Waals surface area contributed by atoms with Crippen molar-refractivity contribution in [2.45, 2.75) is 6.04 Å². The number of pyridine rings is 1.